The van der Waals surface area contributed by atoms with Crippen molar-refractivity contribution in [3.05, 3.63) is 371 Å². The van der Waals surface area contributed by atoms with Gasteiger partial charge >= 0.3 is 0 Å². The second kappa shape index (κ2) is 24.7. The molecule has 0 bridgehead atoms. The maximum absolute atomic E-state index is 2.35. The van der Waals surface area contributed by atoms with Crippen LogP contribution in [-0.4, -0.2) is 0 Å². The predicted molar refractivity (Wildman–Crippen MR) is 354 cm³/mol. The monoisotopic (exact) mass is 1050 g/mol. The summed E-state index contributed by atoms with van der Waals surface area (Å²) in [5.74, 6) is 0. The summed E-state index contributed by atoms with van der Waals surface area (Å²) in [7, 11) is 0. The third-order valence-electron chi connectivity index (χ3n) is 15.7. The maximum Gasteiger partial charge on any atom is -0.00990 e. The fourth-order valence-electron chi connectivity index (χ4n) is 11.1. The van der Waals surface area contributed by atoms with Gasteiger partial charge in [0, 0.05) is 0 Å². The van der Waals surface area contributed by atoms with Crippen LogP contribution < -0.4 is 0 Å². The minimum absolute atomic E-state index is 1.17. The second-order valence-corrected chi connectivity index (χ2v) is 20.8. The number of rotatable bonds is 12. The molecular formula is C82H62. The Morgan fingerprint density at radius 2 is 0.488 bits per heavy atom. The lowest BCUT2D eigenvalue weighted by molar-refractivity contribution is 1.44. The van der Waals surface area contributed by atoms with E-state index in [0.29, 0.717) is 0 Å². The number of benzene rings is 13. The molecule has 0 aliphatic carbocycles. The van der Waals surface area contributed by atoms with Crippen molar-refractivity contribution in [2.45, 2.75) is 13.8 Å². The van der Waals surface area contributed by atoms with Gasteiger partial charge in [-0.3, -0.25) is 0 Å². The molecule has 0 heteroatoms. The van der Waals surface area contributed by atoms with Crippen molar-refractivity contribution in [1.29, 1.82) is 0 Å². The Kier molecular flexibility index (Phi) is 15.8. The van der Waals surface area contributed by atoms with Gasteiger partial charge in [-0.1, -0.05) is 328 Å². The summed E-state index contributed by atoms with van der Waals surface area (Å²) in [5.41, 5.74) is 24.5. The third kappa shape index (κ3) is 11.8. The molecule has 82 heavy (non-hydrogen) atoms. The van der Waals surface area contributed by atoms with Gasteiger partial charge in [-0.25, -0.2) is 0 Å². The first-order valence-corrected chi connectivity index (χ1v) is 28.3. The van der Waals surface area contributed by atoms with Crippen LogP contribution in [-0.2, 0) is 0 Å². The van der Waals surface area contributed by atoms with Gasteiger partial charge in [-0.05, 0) is 159 Å². The van der Waals surface area contributed by atoms with Gasteiger partial charge in [0.25, 0.3) is 0 Å². The van der Waals surface area contributed by atoms with E-state index in [9.17, 15) is 0 Å². The molecule has 0 aromatic heterocycles. The molecule has 0 radical (unpaired) electrons. The van der Waals surface area contributed by atoms with Crippen LogP contribution in [0.25, 0.3) is 102 Å². The highest BCUT2D eigenvalue weighted by molar-refractivity contribution is 6.11. The molecule has 0 saturated heterocycles. The van der Waals surface area contributed by atoms with Gasteiger partial charge in [0.05, 0.1) is 0 Å². The Labute approximate surface area is 483 Å². The van der Waals surface area contributed by atoms with E-state index in [2.05, 4.69) is 354 Å². The van der Waals surface area contributed by atoms with Crippen LogP contribution >= 0.6 is 0 Å². The first-order chi connectivity index (χ1) is 40.5. The standard InChI is InChI=1S/C49H36.C33H26/c1-35-44-20-10-12-22-46(44)48(47-23-13-11-21-45(35)47)33-32-38-18-8-9-19-43(38)34-49(41-28-24-39(25-29-41)36-14-4-2-5-15-36)42-30-26-40(27-31-42)37-16-6-3-7-17-37;1-25-10-8-9-15-32(25)24-33(30-20-16-28(17-21-30)26-11-4-2-5-12-26)31-22-18-29(19-23-31)27-13-6-3-7-14-27/h2-34H,1H3;2-24H,1H3. The van der Waals surface area contributed by atoms with Gasteiger partial charge in [-0.15, -0.1) is 0 Å². The van der Waals surface area contributed by atoms with E-state index in [4.69, 9.17) is 0 Å². The summed E-state index contributed by atoms with van der Waals surface area (Å²) in [6.45, 7) is 4.40. The lowest BCUT2D eigenvalue weighted by Crippen LogP contribution is -1.91. The predicted octanol–water partition coefficient (Wildman–Crippen LogP) is 22.3. The lowest BCUT2D eigenvalue weighted by atomic mass is 9.90. The molecular weight excluding hydrogens is 985 g/mol. The molecule has 0 saturated carbocycles. The van der Waals surface area contributed by atoms with Crippen LogP contribution in [0, 0.1) is 13.8 Å². The van der Waals surface area contributed by atoms with Crippen LogP contribution in [0.3, 0.4) is 0 Å². The van der Waals surface area contributed by atoms with E-state index < -0.39 is 0 Å². The van der Waals surface area contributed by atoms with E-state index in [1.54, 1.807) is 0 Å². The molecule has 0 unspecified atom stereocenters. The molecule has 0 spiro atoms. The smallest absolute Gasteiger partial charge is 0.00990 e. The Morgan fingerprint density at radius 1 is 0.220 bits per heavy atom. The minimum Gasteiger partial charge on any atom is -0.0622 e. The fourth-order valence-corrected chi connectivity index (χ4v) is 11.1. The average Bonchev–Trinajstić information content (AvgIpc) is 3.74. The van der Waals surface area contributed by atoms with Crippen molar-refractivity contribution < 1.29 is 0 Å². The molecule has 0 aliphatic rings. The first-order valence-electron chi connectivity index (χ1n) is 28.3. The average molecular weight is 1050 g/mol. The largest absolute Gasteiger partial charge is 0.0622 e. The molecule has 0 aliphatic heterocycles. The van der Waals surface area contributed by atoms with Crippen LogP contribution in [0.5, 0.6) is 0 Å². The van der Waals surface area contributed by atoms with Gasteiger partial charge in [0.2, 0.25) is 0 Å². The summed E-state index contributed by atoms with van der Waals surface area (Å²) >= 11 is 0. The van der Waals surface area contributed by atoms with Gasteiger partial charge in [0.1, 0.15) is 0 Å². The Balaban J connectivity index is 0.000000175. The zero-order chi connectivity index (χ0) is 55.5. The van der Waals surface area contributed by atoms with Crippen molar-refractivity contribution >= 4 is 57.0 Å². The normalized spacial score (nSPS) is 11.0. The van der Waals surface area contributed by atoms with Crippen molar-refractivity contribution in [3.63, 3.8) is 0 Å². The summed E-state index contributed by atoms with van der Waals surface area (Å²) in [4.78, 5) is 0. The van der Waals surface area contributed by atoms with E-state index in [-0.39, 0.29) is 0 Å². The quantitative estimate of drug-likeness (QED) is 0.0845. The minimum atomic E-state index is 1.17. The fraction of sp³-hybridized carbons (Fsp3) is 0.0244. The number of aryl methyl sites for hydroxylation is 2. The van der Waals surface area contributed by atoms with Gasteiger partial charge in [0.15, 0.2) is 0 Å². The highest BCUT2D eigenvalue weighted by Crippen LogP contribution is 2.36. The molecule has 0 N–H and O–H groups in total. The van der Waals surface area contributed by atoms with E-state index in [1.165, 1.54) is 133 Å². The third-order valence-corrected chi connectivity index (χ3v) is 15.7. The zero-order valence-corrected chi connectivity index (χ0v) is 46.3. The van der Waals surface area contributed by atoms with Crippen molar-refractivity contribution in [2.75, 3.05) is 0 Å². The van der Waals surface area contributed by atoms with E-state index in [0.717, 1.165) is 0 Å². The maximum atomic E-state index is 2.35. The summed E-state index contributed by atoms with van der Waals surface area (Å²) < 4.78 is 0. The van der Waals surface area contributed by atoms with Crippen LogP contribution in [0.4, 0.5) is 0 Å². The van der Waals surface area contributed by atoms with Crippen LogP contribution in [0.15, 0.2) is 315 Å². The molecule has 0 heterocycles. The molecule has 13 aromatic rings. The Morgan fingerprint density at radius 3 is 0.841 bits per heavy atom. The Bertz CT molecular complexity index is 4130. The molecule has 0 atom stereocenters. The number of hydrogen-bond acceptors (Lipinski definition) is 0. The highest BCUT2D eigenvalue weighted by atomic mass is 14.2. The molecule has 0 amide bonds. The molecule has 13 rings (SSSR count). The van der Waals surface area contributed by atoms with Gasteiger partial charge < -0.3 is 0 Å². The number of fused-ring (bicyclic) bond motifs is 2. The lowest BCUT2D eigenvalue weighted by Gasteiger charge is -2.13. The molecule has 0 fully saturated rings. The summed E-state index contributed by atoms with van der Waals surface area (Å²) in [6, 6.07) is 113. The molecule has 0 nitrogen and oxygen atoms in total. The van der Waals surface area contributed by atoms with Crippen LogP contribution in [0.1, 0.15) is 55.6 Å². The van der Waals surface area contributed by atoms with Crippen LogP contribution in [0.2, 0.25) is 0 Å². The van der Waals surface area contributed by atoms with Crippen molar-refractivity contribution in [3.8, 4) is 44.5 Å². The van der Waals surface area contributed by atoms with E-state index >= 15 is 0 Å². The first kappa shape index (κ1) is 52.3. The van der Waals surface area contributed by atoms with Crippen molar-refractivity contribution in [2.24, 2.45) is 0 Å². The molecule has 390 valence electrons. The topological polar surface area (TPSA) is 0 Å². The highest BCUT2D eigenvalue weighted by Gasteiger charge is 2.13. The molecule has 13 aromatic carbocycles. The SMILES string of the molecule is Cc1c2ccccc2c(C=Cc2ccccc2C=C(c2ccc(-c3ccccc3)cc2)c2ccc(-c3ccccc3)cc2)c2ccccc12.Cc1ccccc1C=C(c1ccc(-c2ccccc2)cc1)c1ccc(-c2ccccc2)cc1. The summed E-state index contributed by atoms with van der Waals surface area (Å²) in [5, 5.41) is 5.16. The summed E-state index contributed by atoms with van der Waals surface area (Å²) in [6.07, 6.45) is 9.24. The van der Waals surface area contributed by atoms with E-state index in [1.807, 2.05) is 0 Å². The Hall–Kier alpha value is -10.4. The van der Waals surface area contributed by atoms with Gasteiger partial charge in [-0.2, -0.15) is 0 Å². The van der Waals surface area contributed by atoms with Crippen molar-refractivity contribution in [1.82, 2.24) is 0 Å². The zero-order valence-electron chi connectivity index (χ0n) is 46.3. The number of hydrogen-bond donors (Lipinski definition) is 0. The second-order valence-electron chi connectivity index (χ2n) is 20.8.